The van der Waals surface area contributed by atoms with Gasteiger partial charge in [-0.15, -0.1) is 0 Å². The number of nitrogens with zero attached hydrogens (tertiary/aromatic N) is 6. The van der Waals surface area contributed by atoms with E-state index in [9.17, 15) is 9.59 Å². The minimum Gasteiger partial charge on any atom is -0.494 e. The molecule has 164 valence electrons. The summed E-state index contributed by atoms with van der Waals surface area (Å²) in [6.07, 6.45) is 3.40. The molecule has 2 fully saturated rings. The van der Waals surface area contributed by atoms with E-state index < -0.39 is 0 Å². The van der Waals surface area contributed by atoms with Gasteiger partial charge in [0, 0.05) is 49.8 Å². The van der Waals surface area contributed by atoms with Gasteiger partial charge in [-0.3, -0.25) is 9.59 Å². The largest absolute Gasteiger partial charge is 0.494 e. The molecule has 9 heteroatoms. The molecule has 2 saturated heterocycles. The zero-order chi connectivity index (χ0) is 22.2. The predicted octanol–water partition coefficient (Wildman–Crippen LogP) is 1.55. The van der Waals surface area contributed by atoms with Gasteiger partial charge in [-0.1, -0.05) is 18.2 Å². The van der Waals surface area contributed by atoms with Crippen LogP contribution in [0.15, 0.2) is 53.7 Å². The van der Waals surface area contributed by atoms with E-state index in [1.54, 1.807) is 18.5 Å². The van der Waals surface area contributed by atoms with Crippen LogP contribution in [0, 0.1) is 18.8 Å². The van der Waals surface area contributed by atoms with E-state index in [0.717, 1.165) is 24.5 Å². The van der Waals surface area contributed by atoms with Crippen molar-refractivity contribution in [2.45, 2.75) is 6.92 Å². The minimum absolute atomic E-state index is 0.152. The summed E-state index contributed by atoms with van der Waals surface area (Å²) in [5.41, 5.74) is 1.46. The Morgan fingerprint density at radius 1 is 1.09 bits per heavy atom. The van der Waals surface area contributed by atoms with E-state index in [1.807, 2.05) is 36.2 Å². The van der Waals surface area contributed by atoms with Crippen molar-refractivity contribution < 1.29 is 9.53 Å². The molecule has 0 N–H and O–H groups in total. The first-order valence-electron chi connectivity index (χ1n) is 10.6. The number of likely N-dealkylation sites (tertiary alicyclic amines) is 1. The zero-order valence-corrected chi connectivity index (χ0v) is 18.0. The molecule has 0 bridgehead atoms. The third-order valence-corrected chi connectivity index (χ3v) is 6.26. The summed E-state index contributed by atoms with van der Waals surface area (Å²) in [6, 6.07) is 10.4. The third kappa shape index (κ3) is 3.49. The van der Waals surface area contributed by atoms with Crippen LogP contribution in [0.3, 0.4) is 0 Å². The van der Waals surface area contributed by atoms with Crippen molar-refractivity contribution in [3.63, 3.8) is 0 Å². The summed E-state index contributed by atoms with van der Waals surface area (Å²) < 4.78 is 6.58. The number of anilines is 1. The number of carbonyl (C=O) groups excluding carboxylic acids is 1. The van der Waals surface area contributed by atoms with Gasteiger partial charge >= 0.3 is 0 Å². The summed E-state index contributed by atoms with van der Waals surface area (Å²) in [4.78, 5) is 38.5. The molecule has 2 atom stereocenters. The molecule has 2 aliphatic rings. The topological polar surface area (TPSA) is 93.5 Å². The van der Waals surface area contributed by atoms with Gasteiger partial charge in [-0.2, -0.15) is 9.78 Å². The predicted molar refractivity (Wildman–Crippen MR) is 118 cm³/mol. The van der Waals surface area contributed by atoms with Crippen LogP contribution in [-0.2, 0) is 0 Å². The number of ether oxygens (including phenoxy) is 1. The first-order valence-corrected chi connectivity index (χ1v) is 10.6. The van der Waals surface area contributed by atoms with Crippen LogP contribution in [-0.4, -0.2) is 63.8 Å². The fraction of sp³-hybridized carbons (Fsp3) is 0.348. The maximum atomic E-state index is 13.4. The number of fused-ring (bicyclic) bond motifs is 1. The minimum atomic E-state index is -0.348. The number of benzene rings is 1. The Morgan fingerprint density at radius 3 is 2.47 bits per heavy atom. The van der Waals surface area contributed by atoms with Crippen molar-refractivity contribution in [1.82, 2.24) is 24.6 Å². The van der Waals surface area contributed by atoms with Crippen molar-refractivity contribution in [2.24, 2.45) is 11.8 Å². The smallest absolute Gasteiger partial charge is 0.278 e. The van der Waals surface area contributed by atoms with Gasteiger partial charge in [-0.25, -0.2) is 9.97 Å². The number of aromatic nitrogens is 4. The molecular formula is C23H24N6O3. The number of rotatable bonds is 4. The highest BCUT2D eigenvalue weighted by atomic mass is 16.5. The summed E-state index contributed by atoms with van der Waals surface area (Å²) >= 11 is 0. The Balaban J connectivity index is 1.37. The average Bonchev–Trinajstić information content (AvgIpc) is 3.39. The molecule has 4 heterocycles. The van der Waals surface area contributed by atoms with E-state index in [0.29, 0.717) is 30.6 Å². The first kappa shape index (κ1) is 20.2. The molecule has 9 nitrogen and oxygen atoms in total. The van der Waals surface area contributed by atoms with Crippen molar-refractivity contribution >= 4 is 11.7 Å². The molecule has 1 aromatic carbocycles. The van der Waals surface area contributed by atoms with Crippen LogP contribution in [0.2, 0.25) is 0 Å². The average molecular weight is 432 g/mol. The van der Waals surface area contributed by atoms with Gasteiger partial charge in [0.25, 0.3) is 11.5 Å². The van der Waals surface area contributed by atoms with Gasteiger partial charge in [0.05, 0.1) is 18.9 Å². The standard InChI is InChI=1S/C23H24N6O3/c1-15-9-24-14-25-22(15)27-10-16-12-28(13-17(16)11-27)23(31)21-19(32-2)8-20(30)29(26-21)18-6-4-3-5-7-18/h3-9,14,16-17H,10-13H2,1-2H3. The van der Waals surface area contributed by atoms with Crippen molar-refractivity contribution in [1.29, 1.82) is 0 Å². The van der Waals surface area contributed by atoms with E-state index in [2.05, 4.69) is 20.0 Å². The molecular weight excluding hydrogens is 408 g/mol. The third-order valence-electron chi connectivity index (χ3n) is 6.26. The molecule has 0 spiro atoms. The number of para-hydroxylation sites is 1. The first-order chi connectivity index (χ1) is 15.5. The van der Waals surface area contributed by atoms with Crippen LogP contribution < -0.4 is 15.2 Å². The van der Waals surface area contributed by atoms with Crippen molar-refractivity contribution in [3.8, 4) is 11.4 Å². The van der Waals surface area contributed by atoms with E-state index in [-0.39, 0.29) is 22.9 Å². The van der Waals surface area contributed by atoms with Crippen molar-refractivity contribution in [2.75, 3.05) is 38.2 Å². The Labute approximate surface area is 185 Å². The lowest BCUT2D eigenvalue weighted by molar-refractivity contribution is 0.0770. The Morgan fingerprint density at radius 2 is 1.81 bits per heavy atom. The monoisotopic (exact) mass is 432 g/mol. The number of aryl methyl sites for hydroxylation is 1. The van der Waals surface area contributed by atoms with Gasteiger partial charge < -0.3 is 14.5 Å². The summed E-state index contributed by atoms with van der Waals surface area (Å²) in [7, 11) is 1.45. The summed E-state index contributed by atoms with van der Waals surface area (Å²) in [5, 5.41) is 4.39. The highest BCUT2D eigenvalue weighted by Gasteiger charge is 2.43. The lowest BCUT2D eigenvalue weighted by Gasteiger charge is -2.23. The lowest BCUT2D eigenvalue weighted by Crippen LogP contribution is -2.35. The van der Waals surface area contributed by atoms with Crippen LogP contribution >= 0.6 is 0 Å². The second-order valence-electron chi connectivity index (χ2n) is 8.31. The Bertz CT molecular complexity index is 1200. The molecule has 0 radical (unpaired) electrons. The highest BCUT2D eigenvalue weighted by Crippen LogP contribution is 2.35. The van der Waals surface area contributed by atoms with Gasteiger partial charge in [0.15, 0.2) is 11.4 Å². The normalized spacial score (nSPS) is 19.8. The van der Waals surface area contributed by atoms with Crippen LogP contribution in [0.5, 0.6) is 5.75 Å². The number of methoxy groups -OCH3 is 1. The molecule has 1 amide bonds. The molecule has 32 heavy (non-hydrogen) atoms. The van der Waals surface area contributed by atoms with E-state index >= 15 is 0 Å². The molecule has 0 aliphatic carbocycles. The summed E-state index contributed by atoms with van der Waals surface area (Å²) in [5.74, 6) is 1.66. The fourth-order valence-corrected chi connectivity index (χ4v) is 4.70. The number of amides is 1. The Kier molecular flexibility index (Phi) is 5.08. The van der Waals surface area contributed by atoms with Crippen LogP contribution in [0.4, 0.5) is 5.82 Å². The van der Waals surface area contributed by atoms with E-state index in [1.165, 1.54) is 17.9 Å². The van der Waals surface area contributed by atoms with Gasteiger partial charge in [0.1, 0.15) is 12.1 Å². The highest BCUT2D eigenvalue weighted by molar-refractivity contribution is 5.95. The zero-order valence-electron chi connectivity index (χ0n) is 18.0. The van der Waals surface area contributed by atoms with Gasteiger partial charge in [0.2, 0.25) is 0 Å². The molecule has 2 aliphatic heterocycles. The second kappa shape index (κ2) is 8.07. The molecule has 2 aromatic heterocycles. The molecule has 5 rings (SSSR count). The number of hydrogen-bond donors (Lipinski definition) is 0. The van der Waals surface area contributed by atoms with Crippen molar-refractivity contribution in [3.05, 3.63) is 70.5 Å². The van der Waals surface area contributed by atoms with Crippen LogP contribution in [0.1, 0.15) is 16.1 Å². The van der Waals surface area contributed by atoms with Gasteiger partial charge in [-0.05, 0) is 19.1 Å². The maximum Gasteiger partial charge on any atom is 0.278 e. The number of hydrogen-bond acceptors (Lipinski definition) is 7. The SMILES string of the molecule is COc1cc(=O)n(-c2ccccc2)nc1C(=O)N1CC2CN(c3ncncc3C)CC2C1. The number of carbonyl (C=O) groups is 1. The quantitative estimate of drug-likeness (QED) is 0.617. The fourth-order valence-electron chi connectivity index (χ4n) is 4.70. The van der Waals surface area contributed by atoms with E-state index in [4.69, 9.17) is 4.74 Å². The maximum absolute atomic E-state index is 13.4. The lowest BCUT2D eigenvalue weighted by atomic mass is 10.0. The summed E-state index contributed by atoms with van der Waals surface area (Å²) in [6.45, 7) is 4.98. The molecule has 3 aromatic rings. The second-order valence-corrected chi connectivity index (χ2v) is 8.31. The molecule has 2 unspecified atom stereocenters. The molecule has 0 saturated carbocycles. The van der Waals surface area contributed by atoms with Crippen LogP contribution in [0.25, 0.3) is 5.69 Å². The Hall–Kier alpha value is -3.75.